The van der Waals surface area contributed by atoms with Gasteiger partial charge in [0, 0.05) is 22.2 Å². The standard InChI is InChI=1S/C29H28O6S2/c1-16-10-19(21-15-27(37-25(21)11-16)23(31)7-9-29(34)35)5-3-4-18-13-24-20(12-17(18)2)14-26(36-24)22(30)6-8-28(32)33/h10-15H,3-9H2,1-2H3,(H,32,33)(H,34,35). The highest BCUT2D eigenvalue weighted by atomic mass is 32.1. The van der Waals surface area contributed by atoms with Gasteiger partial charge in [-0.05, 0) is 90.4 Å². The SMILES string of the molecule is Cc1cc(CCCc2cc3sc(C(=O)CCC(=O)O)cc3cc2C)c2cc(C(=O)CCC(=O)O)sc2c1. The van der Waals surface area contributed by atoms with Crippen molar-refractivity contribution in [3.8, 4) is 0 Å². The predicted octanol–water partition coefficient (Wildman–Crippen LogP) is 7.00. The van der Waals surface area contributed by atoms with E-state index in [2.05, 4.69) is 31.2 Å². The van der Waals surface area contributed by atoms with Gasteiger partial charge in [0.15, 0.2) is 11.6 Å². The molecule has 4 aromatic rings. The number of aryl methyl sites for hydroxylation is 4. The van der Waals surface area contributed by atoms with Crippen LogP contribution < -0.4 is 0 Å². The first kappa shape index (κ1) is 26.7. The Morgan fingerprint density at radius 3 is 1.92 bits per heavy atom. The van der Waals surface area contributed by atoms with Crippen molar-refractivity contribution in [2.75, 3.05) is 0 Å². The minimum Gasteiger partial charge on any atom is -0.481 e. The van der Waals surface area contributed by atoms with Crippen molar-refractivity contribution in [1.29, 1.82) is 0 Å². The number of ketones is 2. The predicted molar refractivity (Wildman–Crippen MR) is 148 cm³/mol. The maximum atomic E-state index is 12.5. The Bertz CT molecular complexity index is 1520. The zero-order valence-electron chi connectivity index (χ0n) is 20.8. The lowest BCUT2D eigenvalue weighted by atomic mass is 9.97. The second-order valence-corrected chi connectivity index (χ2v) is 11.5. The van der Waals surface area contributed by atoms with Crippen LogP contribution in [-0.2, 0) is 22.4 Å². The Hall–Kier alpha value is -3.36. The van der Waals surface area contributed by atoms with E-state index in [1.165, 1.54) is 33.8 Å². The number of hydrogen-bond donors (Lipinski definition) is 2. The third-order valence-corrected chi connectivity index (χ3v) is 8.68. The molecule has 0 bridgehead atoms. The molecule has 0 amide bonds. The van der Waals surface area contributed by atoms with Gasteiger partial charge in [-0.2, -0.15) is 0 Å². The molecule has 0 aliphatic carbocycles. The number of Topliss-reactive ketones (excluding diaryl/α,β-unsaturated/α-hetero) is 2. The Morgan fingerprint density at radius 2 is 1.27 bits per heavy atom. The Morgan fingerprint density at radius 1 is 0.676 bits per heavy atom. The number of rotatable bonds is 12. The molecule has 4 rings (SSSR count). The lowest BCUT2D eigenvalue weighted by Crippen LogP contribution is -2.01. The topological polar surface area (TPSA) is 109 Å². The molecule has 0 radical (unpaired) electrons. The molecule has 0 aliphatic heterocycles. The van der Waals surface area contributed by atoms with Gasteiger partial charge >= 0.3 is 11.9 Å². The van der Waals surface area contributed by atoms with Gasteiger partial charge in [-0.25, -0.2) is 0 Å². The van der Waals surface area contributed by atoms with E-state index >= 15 is 0 Å². The number of carboxylic acids is 2. The molecule has 0 saturated heterocycles. The monoisotopic (exact) mass is 536 g/mol. The Kier molecular flexibility index (Phi) is 8.19. The fraction of sp³-hybridized carbons (Fsp3) is 0.310. The first-order chi connectivity index (χ1) is 17.6. The minimum absolute atomic E-state index is 0.00775. The molecule has 0 saturated carbocycles. The van der Waals surface area contributed by atoms with Gasteiger partial charge < -0.3 is 10.2 Å². The number of hydrogen-bond acceptors (Lipinski definition) is 6. The van der Waals surface area contributed by atoms with Crippen molar-refractivity contribution in [1.82, 2.24) is 0 Å². The number of carbonyl (C=O) groups excluding carboxylic acids is 2. The zero-order chi connectivity index (χ0) is 26.7. The smallest absolute Gasteiger partial charge is 0.303 e. The van der Waals surface area contributed by atoms with Crippen molar-refractivity contribution in [3.05, 3.63) is 68.4 Å². The fourth-order valence-corrected chi connectivity index (χ4v) is 6.76. The van der Waals surface area contributed by atoms with E-state index in [1.54, 1.807) is 0 Å². The summed E-state index contributed by atoms with van der Waals surface area (Å²) in [6.07, 6.45) is 2.32. The van der Waals surface area contributed by atoms with Crippen LogP contribution >= 0.6 is 22.7 Å². The van der Waals surface area contributed by atoms with Gasteiger partial charge in [-0.15, -0.1) is 22.7 Å². The summed E-state index contributed by atoms with van der Waals surface area (Å²) in [7, 11) is 0. The van der Waals surface area contributed by atoms with Crippen molar-refractivity contribution in [2.24, 2.45) is 0 Å². The normalized spacial score (nSPS) is 11.3. The van der Waals surface area contributed by atoms with E-state index in [4.69, 9.17) is 10.2 Å². The van der Waals surface area contributed by atoms with E-state index in [-0.39, 0.29) is 37.2 Å². The van der Waals surface area contributed by atoms with Crippen LogP contribution in [0.1, 0.15) is 73.7 Å². The van der Waals surface area contributed by atoms with Crippen LogP contribution in [-0.4, -0.2) is 33.7 Å². The average molecular weight is 537 g/mol. The molecule has 0 spiro atoms. The largest absolute Gasteiger partial charge is 0.481 e. The second-order valence-electron chi connectivity index (χ2n) is 9.36. The minimum atomic E-state index is -0.970. The number of benzene rings is 2. The summed E-state index contributed by atoms with van der Waals surface area (Å²) in [5, 5.41) is 19.8. The Labute approximate surface area is 222 Å². The van der Waals surface area contributed by atoms with E-state index in [0.717, 1.165) is 50.6 Å². The van der Waals surface area contributed by atoms with Crippen molar-refractivity contribution in [2.45, 2.75) is 58.8 Å². The van der Waals surface area contributed by atoms with Crippen LogP contribution in [0.5, 0.6) is 0 Å². The fourth-order valence-electron chi connectivity index (χ4n) is 4.51. The molecule has 0 aliphatic rings. The Balaban J connectivity index is 1.48. The number of carbonyl (C=O) groups is 4. The quantitative estimate of drug-likeness (QED) is 0.189. The molecular weight excluding hydrogens is 508 g/mol. The molecule has 6 nitrogen and oxygen atoms in total. The van der Waals surface area contributed by atoms with Gasteiger partial charge in [-0.3, -0.25) is 19.2 Å². The molecule has 192 valence electrons. The van der Waals surface area contributed by atoms with Gasteiger partial charge in [0.1, 0.15) is 0 Å². The first-order valence-corrected chi connectivity index (χ1v) is 13.8. The van der Waals surface area contributed by atoms with Crippen LogP contribution in [0.25, 0.3) is 20.2 Å². The molecule has 0 atom stereocenters. The first-order valence-electron chi connectivity index (χ1n) is 12.2. The third-order valence-electron chi connectivity index (χ3n) is 6.42. The number of aliphatic carboxylic acids is 2. The number of carboxylic acid groups (broad SMARTS) is 2. The molecule has 8 heteroatoms. The summed E-state index contributed by atoms with van der Waals surface area (Å²) >= 11 is 2.84. The lowest BCUT2D eigenvalue weighted by Gasteiger charge is -2.08. The highest BCUT2D eigenvalue weighted by Crippen LogP contribution is 2.33. The van der Waals surface area contributed by atoms with Gasteiger partial charge in [0.2, 0.25) is 0 Å². The van der Waals surface area contributed by atoms with Gasteiger partial charge in [-0.1, -0.05) is 12.1 Å². The van der Waals surface area contributed by atoms with Crippen molar-refractivity contribution in [3.63, 3.8) is 0 Å². The second kappa shape index (κ2) is 11.4. The maximum absolute atomic E-state index is 12.5. The molecule has 37 heavy (non-hydrogen) atoms. The molecular formula is C29H28O6S2. The summed E-state index contributed by atoms with van der Waals surface area (Å²) in [6.45, 7) is 4.11. The van der Waals surface area contributed by atoms with E-state index in [1.807, 2.05) is 19.1 Å². The molecule has 2 N–H and O–H groups in total. The highest BCUT2D eigenvalue weighted by molar-refractivity contribution is 7.21. The third kappa shape index (κ3) is 6.50. The molecule has 0 unspecified atom stereocenters. The number of fused-ring (bicyclic) bond motifs is 2. The van der Waals surface area contributed by atoms with Crippen LogP contribution in [0.15, 0.2) is 36.4 Å². The molecule has 2 aromatic heterocycles. The summed E-state index contributed by atoms with van der Waals surface area (Å²) in [5.74, 6) is -2.21. The van der Waals surface area contributed by atoms with Crippen LogP contribution in [0.3, 0.4) is 0 Å². The lowest BCUT2D eigenvalue weighted by molar-refractivity contribution is -0.137. The van der Waals surface area contributed by atoms with Gasteiger partial charge in [0.05, 0.1) is 22.6 Å². The summed E-state index contributed by atoms with van der Waals surface area (Å²) < 4.78 is 2.07. The summed E-state index contributed by atoms with van der Waals surface area (Å²) in [5.41, 5.74) is 4.69. The number of thiophene rings is 2. The maximum Gasteiger partial charge on any atom is 0.303 e. The summed E-state index contributed by atoms with van der Waals surface area (Å²) in [6, 6.07) is 12.2. The van der Waals surface area contributed by atoms with Crippen molar-refractivity contribution < 1.29 is 29.4 Å². The van der Waals surface area contributed by atoms with E-state index in [9.17, 15) is 19.2 Å². The van der Waals surface area contributed by atoms with Crippen LogP contribution in [0.4, 0.5) is 0 Å². The average Bonchev–Trinajstić information content (AvgIpc) is 3.45. The van der Waals surface area contributed by atoms with E-state index in [0.29, 0.717) is 9.75 Å². The van der Waals surface area contributed by atoms with Crippen LogP contribution in [0, 0.1) is 13.8 Å². The zero-order valence-corrected chi connectivity index (χ0v) is 22.4. The van der Waals surface area contributed by atoms with Crippen LogP contribution in [0.2, 0.25) is 0 Å². The molecule has 2 heterocycles. The van der Waals surface area contributed by atoms with Crippen molar-refractivity contribution >= 4 is 66.4 Å². The van der Waals surface area contributed by atoms with Gasteiger partial charge in [0.25, 0.3) is 0 Å². The molecule has 0 fully saturated rings. The highest BCUT2D eigenvalue weighted by Gasteiger charge is 2.16. The van der Waals surface area contributed by atoms with E-state index < -0.39 is 11.9 Å². The summed E-state index contributed by atoms with van der Waals surface area (Å²) in [4.78, 5) is 47.7. The molecule has 2 aromatic carbocycles.